The molecule has 0 bridgehead atoms. The fraction of sp³-hybridized carbons (Fsp3) is 0.571. The van der Waals surface area contributed by atoms with Gasteiger partial charge in [-0.15, -0.1) is 12.4 Å². The molecular weight excluding hydrogens is 291 g/mol. The predicted octanol–water partition coefficient (Wildman–Crippen LogP) is 3.43. The summed E-state index contributed by atoms with van der Waals surface area (Å²) in [5, 5.41) is 0. The standard InChI is InChI=1S/C14H18F3NO.ClH/c15-14(16,17)12-3-1-11(2-4-12)9-13(10-18)5-7-19-8-6-13;/h1-4H,5-10,18H2;1H. The van der Waals surface area contributed by atoms with Gasteiger partial charge in [0.2, 0.25) is 0 Å². The summed E-state index contributed by atoms with van der Waals surface area (Å²) in [6.45, 7) is 1.90. The Morgan fingerprint density at radius 2 is 1.65 bits per heavy atom. The van der Waals surface area contributed by atoms with Gasteiger partial charge in [0, 0.05) is 13.2 Å². The first kappa shape index (κ1) is 17.3. The molecule has 20 heavy (non-hydrogen) atoms. The van der Waals surface area contributed by atoms with E-state index in [0.717, 1.165) is 30.5 Å². The first-order valence-corrected chi connectivity index (χ1v) is 6.39. The van der Waals surface area contributed by atoms with Gasteiger partial charge < -0.3 is 10.5 Å². The first-order chi connectivity index (χ1) is 8.95. The lowest BCUT2D eigenvalue weighted by Crippen LogP contribution is -2.38. The Kier molecular flexibility index (Phi) is 5.86. The highest BCUT2D eigenvalue weighted by Crippen LogP contribution is 2.34. The van der Waals surface area contributed by atoms with Crippen LogP contribution in [0.1, 0.15) is 24.0 Å². The zero-order chi connectivity index (χ0) is 13.9. The summed E-state index contributed by atoms with van der Waals surface area (Å²) in [5.41, 5.74) is 6.12. The number of ether oxygens (including phenoxy) is 1. The maximum Gasteiger partial charge on any atom is 0.416 e. The molecule has 1 aromatic rings. The average molecular weight is 310 g/mol. The Labute approximate surface area is 122 Å². The molecule has 2 N–H and O–H groups in total. The summed E-state index contributed by atoms with van der Waals surface area (Å²) < 4.78 is 42.8. The molecule has 1 heterocycles. The smallest absolute Gasteiger partial charge is 0.381 e. The van der Waals surface area contributed by atoms with E-state index in [9.17, 15) is 13.2 Å². The molecule has 1 aliphatic heterocycles. The SMILES string of the molecule is Cl.NCC1(Cc2ccc(C(F)(F)F)cc2)CCOCC1. The van der Waals surface area contributed by atoms with E-state index in [1.807, 2.05) is 0 Å². The van der Waals surface area contributed by atoms with Crippen LogP contribution >= 0.6 is 12.4 Å². The molecule has 0 unspecified atom stereocenters. The fourth-order valence-corrected chi connectivity index (χ4v) is 2.50. The van der Waals surface area contributed by atoms with Gasteiger partial charge in [-0.05, 0) is 48.9 Å². The summed E-state index contributed by atoms with van der Waals surface area (Å²) >= 11 is 0. The Morgan fingerprint density at radius 1 is 1.10 bits per heavy atom. The quantitative estimate of drug-likeness (QED) is 0.928. The Hall–Kier alpha value is -0.780. The lowest BCUT2D eigenvalue weighted by Gasteiger charge is -2.36. The number of rotatable bonds is 3. The molecule has 1 aliphatic rings. The normalized spacial score (nSPS) is 18.4. The predicted molar refractivity (Wildman–Crippen MR) is 73.9 cm³/mol. The van der Waals surface area contributed by atoms with Gasteiger partial charge in [-0.1, -0.05) is 12.1 Å². The largest absolute Gasteiger partial charge is 0.416 e. The van der Waals surface area contributed by atoms with E-state index >= 15 is 0 Å². The molecule has 6 heteroatoms. The lowest BCUT2D eigenvalue weighted by atomic mass is 9.75. The molecule has 114 valence electrons. The van der Waals surface area contributed by atoms with Crippen molar-refractivity contribution in [2.45, 2.75) is 25.4 Å². The van der Waals surface area contributed by atoms with E-state index in [2.05, 4.69) is 0 Å². The highest BCUT2D eigenvalue weighted by Gasteiger charge is 2.33. The van der Waals surface area contributed by atoms with Gasteiger partial charge in [0.15, 0.2) is 0 Å². The zero-order valence-electron chi connectivity index (χ0n) is 11.1. The third-order valence-electron chi connectivity index (χ3n) is 3.85. The van der Waals surface area contributed by atoms with Crippen LogP contribution in [0.4, 0.5) is 13.2 Å². The van der Waals surface area contributed by atoms with Gasteiger partial charge in [-0.25, -0.2) is 0 Å². The summed E-state index contributed by atoms with van der Waals surface area (Å²) in [7, 11) is 0. The Bertz CT molecular complexity index is 413. The van der Waals surface area contributed by atoms with E-state index in [0.29, 0.717) is 26.2 Å². The van der Waals surface area contributed by atoms with Crippen LogP contribution in [-0.4, -0.2) is 19.8 Å². The number of benzene rings is 1. The number of hydrogen-bond donors (Lipinski definition) is 1. The van der Waals surface area contributed by atoms with Crippen LogP contribution in [0.3, 0.4) is 0 Å². The number of nitrogens with two attached hydrogens (primary N) is 1. The van der Waals surface area contributed by atoms with Crippen molar-refractivity contribution in [3.8, 4) is 0 Å². The summed E-state index contributed by atoms with van der Waals surface area (Å²) in [6.07, 6.45) is -1.83. The zero-order valence-corrected chi connectivity index (χ0v) is 11.9. The minimum atomic E-state index is -4.28. The van der Waals surface area contributed by atoms with Crippen molar-refractivity contribution >= 4 is 12.4 Å². The highest BCUT2D eigenvalue weighted by atomic mass is 35.5. The maximum absolute atomic E-state index is 12.5. The van der Waals surface area contributed by atoms with Crippen LogP contribution in [0.5, 0.6) is 0 Å². The molecule has 1 fully saturated rings. The Balaban J connectivity index is 0.00000200. The third-order valence-corrected chi connectivity index (χ3v) is 3.85. The maximum atomic E-state index is 12.5. The van der Waals surface area contributed by atoms with Crippen molar-refractivity contribution in [1.29, 1.82) is 0 Å². The molecule has 2 rings (SSSR count). The summed E-state index contributed by atoms with van der Waals surface area (Å²) in [6, 6.07) is 5.38. The Morgan fingerprint density at radius 3 is 2.10 bits per heavy atom. The fourth-order valence-electron chi connectivity index (χ4n) is 2.50. The molecule has 0 aromatic heterocycles. The van der Waals surface area contributed by atoms with Gasteiger partial charge in [0.1, 0.15) is 0 Å². The van der Waals surface area contributed by atoms with Crippen molar-refractivity contribution in [3.63, 3.8) is 0 Å². The van der Waals surface area contributed by atoms with Crippen LogP contribution in [0.2, 0.25) is 0 Å². The van der Waals surface area contributed by atoms with Gasteiger partial charge in [-0.2, -0.15) is 13.2 Å². The van der Waals surface area contributed by atoms with Crippen molar-refractivity contribution in [2.24, 2.45) is 11.1 Å². The minimum absolute atomic E-state index is 0. The van der Waals surface area contributed by atoms with Crippen molar-refractivity contribution in [3.05, 3.63) is 35.4 Å². The van der Waals surface area contributed by atoms with Gasteiger partial charge in [-0.3, -0.25) is 0 Å². The summed E-state index contributed by atoms with van der Waals surface area (Å²) in [4.78, 5) is 0. The second-order valence-electron chi connectivity index (χ2n) is 5.19. The summed E-state index contributed by atoms with van der Waals surface area (Å²) in [5.74, 6) is 0. The first-order valence-electron chi connectivity index (χ1n) is 6.39. The van der Waals surface area contributed by atoms with Crippen LogP contribution < -0.4 is 5.73 Å². The molecule has 0 radical (unpaired) electrons. The third kappa shape index (κ3) is 4.11. The topological polar surface area (TPSA) is 35.2 Å². The van der Waals surface area contributed by atoms with E-state index in [4.69, 9.17) is 10.5 Å². The second kappa shape index (κ2) is 6.78. The monoisotopic (exact) mass is 309 g/mol. The van der Waals surface area contributed by atoms with E-state index in [1.54, 1.807) is 12.1 Å². The van der Waals surface area contributed by atoms with Crippen LogP contribution in [-0.2, 0) is 17.3 Å². The van der Waals surface area contributed by atoms with Gasteiger partial charge >= 0.3 is 6.18 Å². The molecule has 0 atom stereocenters. The molecule has 1 saturated heterocycles. The lowest BCUT2D eigenvalue weighted by molar-refractivity contribution is -0.137. The molecule has 0 aliphatic carbocycles. The molecule has 0 spiro atoms. The molecule has 1 aromatic carbocycles. The van der Waals surface area contributed by atoms with Crippen LogP contribution in [0, 0.1) is 5.41 Å². The van der Waals surface area contributed by atoms with Crippen LogP contribution in [0.25, 0.3) is 0 Å². The van der Waals surface area contributed by atoms with Crippen molar-refractivity contribution in [1.82, 2.24) is 0 Å². The number of halogens is 4. The highest BCUT2D eigenvalue weighted by molar-refractivity contribution is 5.85. The molecule has 0 amide bonds. The minimum Gasteiger partial charge on any atom is -0.381 e. The van der Waals surface area contributed by atoms with Crippen LogP contribution in [0.15, 0.2) is 24.3 Å². The van der Waals surface area contributed by atoms with Crippen molar-refractivity contribution < 1.29 is 17.9 Å². The van der Waals surface area contributed by atoms with E-state index in [-0.39, 0.29) is 17.8 Å². The second-order valence-corrected chi connectivity index (χ2v) is 5.19. The van der Waals surface area contributed by atoms with Gasteiger partial charge in [0.25, 0.3) is 0 Å². The molecular formula is C14H19ClF3NO. The average Bonchev–Trinajstić information content (AvgIpc) is 2.39. The van der Waals surface area contributed by atoms with E-state index in [1.165, 1.54) is 0 Å². The van der Waals surface area contributed by atoms with E-state index < -0.39 is 11.7 Å². The van der Waals surface area contributed by atoms with Gasteiger partial charge in [0.05, 0.1) is 5.56 Å². The molecule has 2 nitrogen and oxygen atoms in total. The number of alkyl halides is 3. The van der Waals surface area contributed by atoms with Crippen molar-refractivity contribution in [2.75, 3.05) is 19.8 Å². The molecule has 0 saturated carbocycles. The number of hydrogen-bond acceptors (Lipinski definition) is 2.